The third-order valence-corrected chi connectivity index (χ3v) is 6.98. The van der Waals surface area contributed by atoms with Crippen molar-refractivity contribution in [1.82, 2.24) is 0 Å². The van der Waals surface area contributed by atoms with Gasteiger partial charge in [0.05, 0.1) is 0 Å². The summed E-state index contributed by atoms with van der Waals surface area (Å²) in [7, 11) is 0. The third-order valence-electron chi connectivity index (χ3n) is 6.98. The molecule has 2 aliphatic heterocycles. The number of aryl methyl sites for hydroxylation is 2. The number of fused-ring (bicyclic) bond motifs is 2. The SMILES string of the molecule is O[C@@H](COc1ccc(OC[C@H](O)CN2CCCc3ccccc32)cc1)CN1CCCc2ccccc21. The fourth-order valence-corrected chi connectivity index (χ4v) is 5.23. The van der Waals surface area contributed by atoms with Crippen LogP contribution in [0.2, 0.25) is 0 Å². The van der Waals surface area contributed by atoms with Crippen molar-refractivity contribution < 1.29 is 19.7 Å². The van der Waals surface area contributed by atoms with Crippen LogP contribution in [-0.4, -0.2) is 61.8 Å². The van der Waals surface area contributed by atoms with E-state index in [-0.39, 0.29) is 13.2 Å². The fourth-order valence-electron chi connectivity index (χ4n) is 5.23. The van der Waals surface area contributed by atoms with Crippen LogP contribution in [0.1, 0.15) is 24.0 Å². The van der Waals surface area contributed by atoms with E-state index in [0.29, 0.717) is 24.6 Å². The van der Waals surface area contributed by atoms with Gasteiger partial charge in [-0.25, -0.2) is 0 Å². The molecule has 2 N–H and O–H groups in total. The molecule has 5 rings (SSSR count). The van der Waals surface area contributed by atoms with Gasteiger partial charge in [0.1, 0.15) is 36.9 Å². The standard InChI is InChI=1S/C30H36N2O4/c33-25(19-31-17-5-9-23-7-1-3-11-29(23)31)21-35-27-13-15-28(16-14-27)36-22-26(34)20-32-18-6-10-24-8-2-4-12-30(24)32/h1-4,7-8,11-16,25-26,33-34H,5-6,9-10,17-22H2/t25-,26-/m1/s1. The Labute approximate surface area is 213 Å². The van der Waals surface area contributed by atoms with Gasteiger partial charge >= 0.3 is 0 Å². The van der Waals surface area contributed by atoms with Crippen molar-refractivity contribution in [2.75, 3.05) is 49.2 Å². The molecule has 36 heavy (non-hydrogen) atoms. The molecule has 0 saturated carbocycles. The van der Waals surface area contributed by atoms with Crippen molar-refractivity contribution in [1.29, 1.82) is 0 Å². The molecule has 3 aromatic rings. The van der Waals surface area contributed by atoms with Gasteiger partial charge in [-0.15, -0.1) is 0 Å². The number of hydrogen-bond acceptors (Lipinski definition) is 6. The first-order valence-corrected chi connectivity index (χ1v) is 13.0. The number of ether oxygens (including phenoxy) is 2. The van der Waals surface area contributed by atoms with Gasteiger partial charge in [0, 0.05) is 37.6 Å². The van der Waals surface area contributed by atoms with E-state index in [1.807, 2.05) is 24.3 Å². The Hall–Kier alpha value is -3.22. The van der Waals surface area contributed by atoms with E-state index in [0.717, 1.165) is 38.8 Å². The van der Waals surface area contributed by atoms with Crippen LogP contribution in [0.5, 0.6) is 11.5 Å². The molecule has 2 aliphatic rings. The summed E-state index contributed by atoms with van der Waals surface area (Å²) in [4.78, 5) is 4.50. The number of anilines is 2. The lowest BCUT2D eigenvalue weighted by atomic mass is 10.0. The lowest BCUT2D eigenvalue weighted by Gasteiger charge is -2.32. The highest BCUT2D eigenvalue weighted by molar-refractivity contribution is 5.56. The van der Waals surface area contributed by atoms with Crippen LogP contribution in [0.15, 0.2) is 72.8 Å². The predicted molar refractivity (Wildman–Crippen MR) is 143 cm³/mol. The summed E-state index contributed by atoms with van der Waals surface area (Å²) in [5.41, 5.74) is 5.13. The molecule has 0 bridgehead atoms. The zero-order valence-corrected chi connectivity index (χ0v) is 20.8. The molecule has 6 nitrogen and oxygen atoms in total. The molecule has 0 saturated heterocycles. The summed E-state index contributed by atoms with van der Waals surface area (Å²) in [5.74, 6) is 1.37. The minimum Gasteiger partial charge on any atom is -0.491 e. The van der Waals surface area contributed by atoms with Crippen molar-refractivity contribution in [2.24, 2.45) is 0 Å². The van der Waals surface area contributed by atoms with Crippen molar-refractivity contribution in [3.63, 3.8) is 0 Å². The van der Waals surface area contributed by atoms with Gasteiger partial charge in [0.2, 0.25) is 0 Å². The average Bonchev–Trinajstić information content (AvgIpc) is 2.92. The first-order valence-electron chi connectivity index (χ1n) is 13.0. The van der Waals surface area contributed by atoms with Crippen LogP contribution in [0.3, 0.4) is 0 Å². The Morgan fingerprint density at radius 1 is 0.611 bits per heavy atom. The second kappa shape index (κ2) is 11.7. The van der Waals surface area contributed by atoms with Crippen molar-refractivity contribution in [2.45, 2.75) is 37.9 Å². The van der Waals surface area contributed by atoms with Crippen LogP contribution in [0.25, 0.3) is 0 Å². The number of benzene rings is 3. The quantitative estimate of drug-likeness (QED) is 0.449. The normalized spacial score (nSPS) is 16.6. The Bertz CT molecular complexity index is 1030. The highest BCUT2D eigenvalue weighted by atomic mass is 16.5. The Balaban J connectivity index is 1.05. The first-order chi connectivity index (χ1) is 17.7. The number of aliphatic hydroxyl groups is 2. The largest absolute Gasteiger partial charge is 0.491 e. The monoisotopic (exact) mass is 488 g/mol. The van der Waals surface area contributed by atoms with Gasteiger partial charge in [-0.05, 0) is 73.2 Å². The van der Waals surface area contributed by atoms with Crippen LogP contribution >= 0.6 is 0 Å². The van der Waals surface area contributed by atoms with Gasteiger partial charge in [-0.3, -0.25) is 0 Å². The molecule has 190 valence electrons. The molecule has 0 aliphatic carbocycles. The summed E-state index contributed by atoms with van der Waals surface area (Å²) in [5, 5.41) is 21.1. The maximum absolute atomic E-state index is 10.6. The lowest BCUT2D eigenvalue weighted by molar-refractivity contribution is 0.110. The summed E-state index contributed by atoms with van der Waals surface area (Å²) in [6.45, 7) is 3.48. The third kappa shape index (κ3) is 6.12. The van der Waals surface area contributed by atoms with Crippen molar-refractivity contribution in [3.8, 4) is 11.5 Å². The minimum atomic E-state index is -0.581. The van der Waals surface area contributed by atoms with Crippen LogP contribution in [0.4, 0.5) is 11.4 Å². The molecule has 0 aromatic heterocycles. The molecule has 0 radical (unpaired) electrons. The van der Waals surface area contributed by atoms with Gasteiger partial charge < -0.3 is 29.5 Å². The Morgan fingerprint density at radius 3 is 1.47 bits per heavy atom. The number of hydrogen-bond donors (Lipinski definition) is 2. The average molecular weight is 489 g/mol. The zero-order chi connectivity index (χ0) is 24.7. The van der Waals surface area contributed by atoms with Gasteiger partial charge in [-0.1, -0.05) is 36.4 Å². The second-order valence-corrected chi connectivity index (χ2v) is 9.76. The summed E-state index contributed by atoms with van der Waals surface area (Å²) < 4.78 is 11.6. The zero-order valence-electron chi connectivity index (χ0n) is 20.8. The van der Waals surface area contributed by atoms with E-state index >= 15 is 0 Å². The molecule has 2 heterocycles. The molecule has 2 atom stereocenters. The van der Waals surface area contributed by atoms with Crippen LogP contribution in [-0.2, 0) is 12.8 Å². The van der Waals surface area contributed by atoms with Gasteiger partial charge in [0.15, 0.2) is 0 Å². The number of nitrogens with zero attached hydrogens (tertiary/aromatic N) is 2. The highest BCUT2D eigenvalue weighted by Crippen LogP contribution is 2.28. The van der Waals surface area contributed by atoms with E-state index < -0.39 is 12.2 Å². The Kier molecular flexibility index (Phi) is 7.94. The maximum Gasteiger partial charge on any atom is 0.119 e. The molecular weight excluding hydrogens is 452 g/mol. The van der Waals surface area contributed by atoms with Gasteiger partial charge in [0.25, 0.3) is 0 Å². The van der Waals surface area contributed by atoms with E-state index in [1.54, 1.807) is 0 Å². The smallest absolute Gasteiger partial charge is 0.119 e. The van der Waals surface area contributed by atoms with E-state index in [9.17, 15) is 10.2 Å². The summed E-state index contributed by atoms with van der Waals surface area (Å²) in [6.07, 6.45) is 3.23. The number of para-hydroxylation sites is 2. The number of β-amino-alcohol motifs (C(OH)–C–C–N with tert-alkyl or cyclic N) is 2. The maximum atomic E-state index is 10.6. The van der Waals surface area contributed by atoms with Crippen LogP contribution in [0, 0.1) is 0 Å². The molecule has 0 amide bonds. The minimum absolute atomic E-state index is 0.231. The number of rotatable bonds is 10. The summed E-state index contributed by atoms with van der Waals surface area (Å²) in [6, 6.07) is 24.2. The number of aliphatic hydroxyl groups excluding tert-OH is 2. The molecule has 6 heteroatoms. The first kappa shape index (κ1) is 24.5. The molecular formula is C30H36N2O4. The predicted octanol–water partition coefficient (Wildman–Crippen LogP) is 4.07. The lowest BCUT2D eigenvalue weighted by Crippen LogP contribution is -2.38. The second-order valence-electron chi connectivity index (χ2n) is 9.76. The topological polar surface area (TPSA) is 65.4 Å². The van der Waals surface area contributed by atoms with Crippen molar-refractivity contribution in [3.05, 3.63) is 83.9 Å². The van der Waals surface area contributed by atoms with E-state index in [1.165, 1.54) is 22.5 Å². The van der Waals surface area contributed by atoms with Gasteiger partial charge in [-0.2, -0.15) is 0 Å². The molecule has 0 spiro atoms. The fraction of sp³-hybridized carbons (Fsp3) is 0.400. The summed E-state index contributed by atoms with van der Waals surface area (Å²) >= 11 is 0. The van der Waals surface area contributed by atoms with E-state index in [4.69, 9.17) is 9.47 Å². The molecule has 0 unspecified atom stereocenters. The van der Waals surface area contributed by atoms with Crippen molar-refractivity contribution >= 4 is 11.4 Å². The molecule has 3 aromatic carbocycles. The van der Waals surface area contributed by atoms with Crippen LogP contribution < -0.4 is 19.3 Å². The highest BCUT2D eigenvalue weighted by Gasteiger charge is 2.20. The van der Waals surface area contributed by atoms with E-state index in [2.05, 4.69) is 58.3 Å². The Morgan fingerprint density at radius 2 is 1.03 bits per heavy atom. The molecule has 0 fully saturated rings.